The van der Waals surface area contributed by atoms with Crippen molar-refractivity contribution >= 4 is 32.4 Å². The summed E-state index contributed by atoms with van der Waals surface area (Å²) in [5.41, 5.74) is 1.45. The highest BCUT2D eigenvalue weighted by Crippen LogP contribution is 2.40. The first-order valence-electron chi connectivity index (χ1n) is 7.90. The van der Waals surface area contributed by atoms with Gasteiger partial charge in [0.1, 0.15) is 0 Å². The number of amides is 1. The predicted molar refractivity (Wildman–Crippen MR) is 91.8 cm³/mol. The van der Waals surface area contributed by atoms with E-state index in [1.807, 2.05) is 5.38 Å². The van der Waals surface area contributed by atoms with Crippen LogP contribution in [-0.2, 0) is 10.0 Å². The van der Waals surface area contributed by atoms with Crippen LogP contribution in [0.5, 0.6) is 0 Å². The number of nitrogens with zero attached hydrogens (tertiary/aromatic N) is 1. The largest absolute Gasteiger partial charge is 0.298 e. The standard InChI is InChI=1S/C16H17N3O3S2/c20-15(18-16-17-14(9-23-16)10-1-2-10)11-3-7-13(8-4-11)24(21,22)19-12-5-6-12/h3-4,7-10,12,19H,1-2,5-6H2,(H,17,18,20). The van der Waals surface area contributed by atoms with Gasteiger partial charge < -0.3 is 0 Å². The molecule has 1 heterocycles. The number of carbonyl (C=O) groups excluding carboxylic acids is 1. The Morgan fingerprint density at radius 2 is 1.83 bits per heavy atom. The Morgan fingerprint density at radius 1 is 1.12 bits per heavy atom. The molecule has 1 amide bonds. The number of hydrogen-bond donors (Lipinski definition) is 2. The Kier molecular flexibility index (Phi) is 3.90. The number of anilines is 1. The molecule has 0 saturated heterocycles. The molecular weight excluding hydrogens is 346 g/mol. The van der Waals surface area contributed by atoms with Gasteiger partial charge >= 0.3 is 0 Å². The molecule has 2 aliphatic carbocycles. The molecule has 2 N–H and O–H groups in total. The normalized spacial score (nSPS) is 17.7. The van der Waals surface area contributed by atoms with E-state index in [9.17, 15) is 13.2 Å². The minimum atomic E-state index is -3.49. The first-order chi connectivity index (χ1) is 11.5. The van der Waals surface area contributed by atoms with E-state index >= 15 is 0 Å². The summed E-state index contributed by atoms with van der Waals surface area (Å²) in [7, 11) is -3.49. The molecule has 0 bridgehead atoms. The zero-order chi connectivity index (χ0) is 16.7. The van der Waals surface area contributed by atoms with Crippen molar-refractivity contribution in [2.75, 3.05) is 5.32 Å². The summed E-state index contributed by atoms with van der Waals surface area (Å²) in [4.78, 5) is 16.8. The van der Waals surface area contributed by atoms with Crippen molar-refractivity contribution in [2.45, 2.75) is 42.5 Å². The number of sulfonamides is 1. The topological polar surface area (TPSA) is 88.2 Å². The minimum Gasteiger partial charge on any atom is -0.298 e. The Labute approximate surface area is 144 Å². The Morgan fingerprint density at radius 3 is 2.46 bits per heavy atom. The quantitative estimate of drug-likeness (QED) is 0.826. The Bertz CT molecular complexity index is 866. The lowest BCUT2D eigenvalue weighted by molar-refractivity contribution is 0.102. The highest BCUT2D eigenvalue weighted by molar-refractivity contribution is 7.89. The molecule has 8 heteroatoms. The molecule has 0 spiro atoms. The number of hydrogen-bond acceptors (Lipinski definition) is 5. The molecule has 24 heavy (non-hydrogen) atoms. The SMILES string of the molecule is O=C(Nc1nc(C2CC2)cs1)c1ccc(S(=O)(=O)NC2CC2)cc1. The van der Waals surface area contributed by atoms with Crippen LogP contribution in [0.1, 0.15) is 47.7 Å². The lowest BCUT2D eigenvalue weighted by Gasteiger charge is -2.06. The van der Waals surface area contributed by atoms with Gasteiger partial charge in [-0.15, -0.1) is 11.3 Å². The van der Waals surface area contributed by atoms with Crippen LogP contribution in [0.4, 0.5) is 5.13 Å². The van der Waals surface area contributed by atoms with Crippen LogP contribution in [0, 0.1) is 0 Å². The van der Waals surface area contributed by atoms with E-state index in [0.717, 1.165) is 18.5 Å². The van der Waals surface area contributed by atoms with E-state index in [-0.39, 0.29) is 16.8 Å². The average molecular weight is 363 g/mol. The van der Waals surface area contributed by atoms with Gasteiger partial charge in [0.05, 0.1) is 10.6 Å². The fourth-order valence-electron chi connectivity index (χ4n) is 2.35. The van der Waals surface area contributed by atoms with Crippen molar-refractivity contribution in [1.29, 1.82) is 0 Å². The van der Waals surface area contributed by atoms with Gasteiger partial charge in [-0.2, -0.15) is 0 Å². The summed E-state index contributed by atoms with van der Waals surface area (Å²) < 4.78 is 26.8. The maximum atomic E-state index is 12.2. The second-order valence-electron chi connectivity index (χ2n) is 6.23. The second kappa shape index (κ2) is 5.94. The van der Waals surface area contributed by atoms with Crippen LogP contribution in [0.2, 0.25) is 0 Å². The van der Waals surface area contributed by atoms with Crippen molar-refractivity contribution in [1.82, 2.24) is 9.71 Å². The predicted octanol–water partition coefficient (Wildman–Crippen LogP) is 2.71. The van der Waals surface area contributed by atoms with E-state index < -0.39 is 10.0 Å². The van der Waals surface area contributed by atoms with Crippen LogP contribution < -0.4 is 10.0 Å². The van der Waals surface area contributed by atoms with Crippen LogP contribution in [0.25, 0.3) is 0 Å². The summed E-state index contributed by atoms with van der Waals surface area (Å²) in [5, 5.41) is 5.32. The van der Waals surface area contributed by atoms with Gasteiger partial charge in [0, 0.05) is 22.9 Å². The van der Waals surface area contributed by atoms with Gasteiger partial charge in [0.15, 0.2) is 5.13 Å². The van der Waals surface area contributed by atoms with Crippen molar-refractivity contribution < 1.29 is 13.2 Å². The van der Waals surface area contributed by atoms with E-state index in [0.29, 0.717) is 16.6 Å². The number of thiazole rings is 1. The third-order valence-corrected chi connectivity index (χ3v) is 6.38. The van der Waals surface area contributed by atoms with Crippen molar-refractivity contribution in [2.24, 2.45) is 0 Å². The minimum absolute atomic E-state index is 0.0588. The molecule has 0 unspecified atom stereocenters. The summed E-state index contributed by atoms with van der Waals surface area (Å²) in [6, 6.07) is 6.01. The number of nitrogens with one attached hydrogen (secondary N) is 2. The summed E-state index contributed by atoms with van der Waals surface area (Å²) in [6.07, 6.45) is 4.11. The number of benzene rings is 1. The molecule has 4 rings (SSSR count). The summed E-state index contributed by atoms with van der Waals surface area (Å²) in [6.45, 7) is 0. The smallest absolute Gasteiger partial charge is 0.257 e. The monoisotopic (exact) mass is 363 g/mol. The highest BCUT2D eigenvalue weighted by atomic mass is 32.2. The maximum absolute atomic E-state index is 12.2. The van der Waals surface area contributed by atoms with Crippen LogP contribution in [0.15, 0.2) is 34.5 Å². The molecule has 1 aromatic carbocycles. The second-order valence-corrected chi connectivity index (χ2v) is 8.80. The van der Waals surface area contributed by atoms with Gasteiger partial charge in [0.2, 0.25) is 10.0 Å². The lowest BCUT2D eigenvalue weighted by atomic mass is 10.2. The molecule has 1 aromatic heterocycles. The molecule has 6 nitrogen and oxygen atoms in total. The molecule has 2 aliphatic rings. The maximum Gasteiger partial charge on any atom is 0.257 e. The van der Waals surface area contributed by atoms with Crippen LogP contribution in [0.3, 0.4) is 0 Å². The molecule has 2 fully saturated rings. The van der Waals surface area contributed by atoms with Gasteiger partial charge in [-0.3, -0.25) is 10.1 Å². The molecular formula is C16H17N3O3S2. The number of rotatable bonds is 6. The van der Waals surface area contributed by atoms with Crippen molar-refractivity contribution in [3.63, 3.8) is 0 Å². The molecule has 2 aromatic rings. The summed E-state index contributed by atoms with van der Waals surface area (Å²) >= 11 is 1.41. The molecule has 0 atom stereocenters. The fraction of sp³-hybridized carbons (Fsp3) is 0.375. The zero-order valence-electron chi connectivity index (χ0n) is 12.9. The first-order valence-corrected chi connectivity index (χ1v) is 10.3. The van der Waals surface area contributed by atoms with E-state index in [4.69, 9.17) is 0 Å². The molecule has 2 saturated carbocycles. The molecule has 0 aliphatic heterocycles. The van der Waals surface area contributed by atoms with Crippen LogP contribution in [-0.4, -0.2) is 25.4 Å². The average Bonchev–Trinajstić information content (AvgIpc) is 3.49. The molecule has 126 valence electrons. The number of carbonyl (C=O) groups is 1. The third kappa shape index (κ3) is 3.50. The van der Waals surface area contributed by atoms with Gasteiger partial charge in [0.25, 0.3) is 5.91 Å². The number of aromatic nitrogens is 1. The zero-order valence-corrected chi connectivity index (χ0v) is 14.5. The Balaban J connectivity index is 1.44. The van der Waals surface area contributed by atoms with Crippen molar-refractivity contribution in [3.05, 3.63) is 40.9 Å². The fourth-order valence-corrected chi connectivity index (χ4v) is 4.45. The van der Waals surface area contributed by atoms with Gasteiger partial charge in [-0.05, 0) is 49.9 Å². The Hall–Kier alpha value is -1.77. The van der Waals surface area contributed by atoms with E-state index in [1.54, 1.807) is 0 Å². The van der Waals surface area contributed by atoms with E-state index in [2.05, 4.69) is 15.0 Å². The summed E-state index contributed by atoms with van der Waals surface area (Å²) in [5.74, 6) is 0.265. The third-order valence-electron chi connectivity index (χ3n) is 4.06. The van der Waals surface area contributed by atoms with Crippen LogP contribution >= 0.6 is 11.3 Å². The first kappa shape index (κ1) is 15.7. The highest BCUT2D eigenvalue weighted by Gasteiger charge is 2.28. The lowest BCUT2D eigenvalue weighted by Crippen LogP contribution is -2.25. The van der Waals surface area contributed by atoms with Gasteiger partial charge in [-0.25, -0.2) is 18.1 Å². The van der Waals surface area contributed by atoms with Gasteiger partial charge in [-0.1, -0.05) is 0 Å². The molecule has 0 radical (unpaired) electrons. The van der Waals surface area contributed by atoms with E-state index in [1.165, 1.54) is 48.4 Å². The van der Waals surface area contributed by atoms with Crippen molar-refractivity contribution in [3.8, 4) is 0 Å².